The molecule has 12 heteroatoms. The molecular weight excluding hydrogens is 440 g/mol. The minimum absolute atomic E-state index is 0.0380. The van der Waals surface area contributed by atoms with Crippen LogP contribution >= 0.6 is 12.3 Å². The number of fused-ring (bicyclic) bond motifs is 1. The van der Waals surface area contributed by atoms with E-state index in [4.69, 9.17) is 9.83 Å². The number of aromatic nitrogens is 4. The van der Waals surface area contributed by atoms with Gasteiger partial charge in [-0.1, -0.05) is 0 Å². The van der Waals surface area contributed by atoms with Gasteiger partial charge in [-0.15, -0.1) is 3.89 Å². The molecule has 0 aliphatic heterocycles. The molecule has 1 atom stereocenters. The Hall–Kier alpha value is -3.80. The zero-order chi connectivity index (χ0) is 22.8. The van der Waals surface area contributed by atoms with Crippen molar-refractivity contribution in [3.8, 4) is 0 Å². The summed E-state index contributed by atoms with van der Waals surface area (Å²) < 4.78 is 33.3. The van der Waals surface area contributed by atoms with Crippen LogP contribution in [0, 0.1) is 11.2 Å². The molecule has 1 amide bonds. The first-order valence-electron chi connectivity index (χ1n) is 9.37. The van der Waals surface area contributed by atoms with Crippen molar-refractivity contribution in [2.45, 2.75) is 13.0 Å². The van der Waals surface area contributed by atoms with Crippen molar-refractivity contribution in [2.75, 3.05) is 12.4 Å². The van der Waals surface area contributed by atoms with Crippen LogP contribution in [0.15, 0.2) is 47.5 Å². The molecule has 0 bridgehead atoms. The number of hydrogen-bond donors (Lipinski definition) is 3. The fraction of sp³-hybridized carbons (Fsp3) is 0.150. The fourth-order valence-corrected chi connectivity index (χ4v) is 3.51. The molecule has 0 aliphatic carbocycles. The van der Waals surface area contributed by atoms with E-state index in [9.17, 15) is 13.1 Å². The fourth-order valence-electron chi connectivity index (χ4n) is 3.17. The Balaban J connectivity index is 1.73. The third kappa shape index (κ3) is 3.91. The van der Waals surface area contributed by atoms with Gasteiger partial charge < -0.3 is 15.1 Å². The Bertz CT molecular complexity index is 1310. The molecule has 164 valence electrons. The number of nitrogens with one attached hydrogen (secondary N) is 3. The van der Waals surface area contributed by atoms with Crippen molar-refractivity contribution in [1.82, 2.24) is 24.2 Å². The molecule has 3 aromatic heterocycles. The van der Waals surface area contributed by atoms with Crippen LogP contribution in [-0.2, 0) is 0 Å². The molecule has 4 rings (SSSR count). The van der Waals surface area contributed by atoms with Crippen LogP contribution in [0.2, 0.25) is 0 Å². The van der Waals surface area contributed by atoms with E-state index >= 15 is 0 Å². The normalized spacial score (nSPS) is 12.0. The van der Waals surface area contributed by atoms with Gasteiger partial charge >= 0.3 is 0 Å². The summed E-state index contributed by atoms with van der Waals surface area (Å²) in [7, 11) is 1.61. The Kier molecular flexibility index (Phi) is 5.86. The van der Waals surface area contributed by atoms with E-state index in [1.807, 2.05) is 0 Å². The van der Waals surface area contributed by atoms with Crippen LogP contribution in [0.1, 0.15) is 40.5 Å². The standard InChI is InChI=1S/C20H17F2N7O2S/c1-10(20-25-5-6-31-20)27-19(30)13-9-29(32-22)18-17(13)28-15(8-26-18)16(23)12-4-3-11(21)7-14(12)24-2/h3-10,23-24H,1-2H3,(H,27,30)/t10-/m1/s1. The topological polar surface area (TPSA) is 122 Å². The summed E-state index contributed by atoms with van der Waals surface area (Å²) in [6, 6.07) is 3.40. The number of carbonyl (C=O) groups excluding carboxylic acids is 1. The second-order valence-corrected chi connectivity index (χ2v) is 7.28. The van der Waals surface area contributed by atoms with E-state index in [0.29, 0.717) is 17.1 Å². The quantitative estimate of drug-likeness (QED) is 0.360. The highest BCUT2D eigenvalue weighted by Gasteiger charge is 2.23. The van der Waals surface area contributed by atoms with Crippen LogP contribution in [0.4, 0.5) is 14.0 Å². The molecule has 0 aliphatic rings. The molecule has 9 nitrogen and oxygen atoms in total. The van der Waals surface area contributed by atoms with Gasteiger partial charge in [0.2, 0.25) is 5.89 Å². The SMILES string of the molecule is CNc1cc(F)ccc1C(=N)c1cnc2c(n1)c(C(=O)N[C@H](C)c1ncco1)cn2SF. The van der Waals surface area contributed by atoms with E-state index in [0.717, 1.165) is 3.97 Å². The molecule has 0 radical (unpaired) electrons. The monoisotopic (exact) mass is 457 g/mol. The number of benzene rings is 1. The Morgan fingerprint density at radius 2 is 2.12 bits per heavy atom. The number of amides is 1. The Morgan fingerprint density at radius 3 is 2.81 bits per heavy atom. The van der Waals surface area contributed by atoms with Gasteiger partial charge in [-0.3, -0.25) is 10.2 Å². The van der Waals surface area contributed by atoms with Crippen molar-refractivity contribution in [3.05, 3.63) is 71.6 Å². The Labute approximate surface area is 185 Å². The molecule has 3 N–H and O–H groups in total. The molecule has 3 heterocycles. The largest absolute Gasteiger partial charge is 0.447 e. The smallest absolute Gasteiger partial charge is 0.255 e. The van der Waals surface area contributed by atoms with Gasteiger partial charge in [0.25, 0.3) is 5.91 Å². The lowest BCUT2D eigenvalue weighted by Crippen LogP contribution is -2.26. The van der Waals surface area contributed by atoms with Crippen molar-refractivity contribution < 1.29 is 17.5 Å². The number of nitrogens with zero attached hydrogens (tertiary/aromatic N) is 4. The average Bonchev–Trinajstić information content (AvgIpc) is 3.46. The summed E-state index contributed by atoms with van der Waals surface area (Å²) in [6.45, 7) is 1.69. The molecular formula is C20H17F2N7O2S. The van der Waals surface area contributed by atoms with Crippen molar-refractivity contribution in [3.63, 3.8) is 0 Å². The van der Waals surface area contributed by atoms with Crippen LogP contribution in [-0.4, -0.2) is 37.6 Å². The predicted molar refractivity (Wildman–Crippen MR) is 116 cm³/mol. The van der Waals surface area contributed by atoms with Crippen LogP contribution in [0.3, 0.4) is 0 Å². The van der Waals surface area contributed by atoms with Crippen molar-refractivity contribution >= 4 is 40.8 Å². The van der Waals surface area contributed by atoms with E-state index in [1.54, 1.807) is 14.0 Å². The summed E-state index contributed by atoms with van der Waals surface area (Å²) >= 11 is -0.131. The third-order valence-electron chi connectivity index (χ3n) is 4.73. The van der Waals surface area contributed by atoms with E-state index in [2.05, 4.69) is 25.6 Å². The van der Waals surface area contributed by atoms with Gasteiger partial charge in [0, 0.05) is 24.5 Å². The Morgan fingerprint density at radius 1 is 1.31 bits per heavy atom. The van der Waals surface area contributed by atoms with Gasteiger partial charge in [0.15, 0.2) is 18.0 Å². The number of oxazole rings is 1. The first-order valence-corrected chi connectivity index (χ1v) is 10.0. The highest BCUT2D eigenvalue weighted by atomic mass is 32.2. The first kappa shape index (κ1) is 21.4. The maximum absolute atomic E-state index is 13.6. The predicted octanol–water partition coefficient (Wildman–Crippen LogP) is 3.89. The highest BCUT2D eigenvalue weighted by Crippen LogP contribution is 2.26. The zero-order valence-electron chi connectivity index (χ0n) is 16.9. The minimum atomic E-state index is -0.541. The van der Waals surface area contributed by atoms with Gasteiger partial charge in [0.05, 0.1) is 23.7 Å². The van der Waals surface area contributed by atoms with Gasteiger partial charge in [-0.2, -0.15) is 0 Å². The van der Waals surface area contributed by atoms with Gasteiger partial charge in [0.1, 0.15) is 29.3 Å². The molecule has 0 unspecified atom stereocenters. The van der Waals surface area contributed by atoms with Crippen LogP contribution < -0.4 is 10.6 Å². The zero-order valence-corrected chi connectivity index (χ0v) is 17.7. The number of halogens is 2. The molecule has 0 spiro atoms. The second-order valence-electron chi connectivity index (χ2n) is 6.75. The van der Waals surface area contributed by atoms with E-state index in [-0.39, 0.29) is 40.5 Å². The molecule has 0 fully saturated rings. The van der Waals surface area contributed by atoms with Crippen molar-refractivity contribution in [2.24, 2.45) is 0 Å². The summed E-state index contributed by atoms with van der Waals surface area (Å²) in [5.74, 6) is -0.681. The third-order valence-corrected chi connectivity index (χ3v) is 5.16. The van der Waals surface area contributed by atoms with Crippen molar-refractivity contribution in [1.29, 1.82) is 5.41 Å². The summed E-state index contributed by atoms with van der Waals surface area (Å²) in [6.07, 6.45) is 5.43. The highest BCUT2D eigenvalue weighted by molar-refractivity contribution is 7.92. The second kappa shape index (κ2) is 8.75. The van der Waals surface area contributed by atoms with Gasteiger partial charge in [-0.25, -0.2) is 23.3 Å². The van der Waals surface area contributed by atoms with Crippen LogP contribution in [0.5, 0.6) is 0 Å². The molecule has 0 saturated carbocycles. The lowest BCUT2D eigenvalue weighted by atomic mass is 10.1. The lowest BCUT2D eigenvalue weighted by molar-refractivity contribution is 0.0935. The maximum Gasteiger partial charge on any atom is 0.255 e. The lowest BCUT2D eigenvalue weighted by Gasteiger charge is -2.11. The summed E-state index contributed by atoms with van der Waals surface area (Å²) in [5, 5.41) is 14.1. The molecule has 1 aromatic carbocycles. The number of hydrogen-bond acceptors (Lipinski definition) is 8. The van der Waals surface area contributed by atoms with Crippen LogP contribution in [0.25, 0.3) is 11.2 Å². The number of anilines is 1. The molecule has 32 heavy (non-hydrogen) atoms. The summed E-state index contributed by atoms with van der Waals surface area (Å²) in [4.78, 5) is 25.5. The first-order chi connectivity index (χ1) is 15.4. The molecule has 4 aromatic rings. The van der Waals surface area contributed by atoms with E-state index in [1.165, 1.54) is 43.1 Å². The number of rotatable bonds is 7. The summed E-state index contributed by atoms with van der Waals surface area (Å²) in [5.41, 5.74) is 1.19. The minimum Gasteiger partial charge on any atom is -0.447 e. The van der Waals surface area contributed by atoms with E-state index < -0.39 is 17.8 Å². The number of carbonyl (C=O) groups is 1. The van der Waals surface area contributed by atoms with Gasteiger partial charge in [-0.05, 0) is 25.1 Å². The molecule has 0 saturated heterocycles. The maximum atomic E-state index is 13.6. The average molecular weight is 457 g/mol.